The molecule has 5 heteroatoms. The molecule has 1 fully saturated rings. The van der Waals surface area contributed by atoms with E-state index in [4.69, 9.17) is 5.11 Å². The fourth-order valence-corrected chi connectivity index (χ4v) is 2.47. The number of carbonyl (C=O) groups is 1. The predicted molar refractivity (Wildman–Crippen MR) is 72.1 cm³/mol. The molecule has 0 spiro atoms. The van der Waals surface area contributed by atoms with E-state index in [9.17, 15) is 9.59 Å². The first kappa shape index (κ1) is 11.9. The molecule has 0 radical (unpaired) electrons. The van der Waals surface area contributed by atoms with Gasteiger partial charge < -0.3 is 10.1 Å². The molecule has 1 aliphatic heterocycles. The number of aromatic nitrogens is 1. The van der Waals surface area contributed by atoms with Gasteiger partial charge in [0.2, 0.25) is 5.91 Å². The lowest BCUT2D eigenvalue weighted by Crippen LogP contribution is -2.27. The normalized spacial score (nSPS) is 19.3. The smallest absolute Gasteiger partial charge is 0.228 e. The van der Waals surface area contributed by atoms with Crippen molar-refractivity contribution in [2.45, 2.75) is 6.42 Å². The van der Waals surface area contributed by atoms with Gasteiger partial charge in [-0.25, -0.2) is 0 Å². The van der Waals surface area contributed by atoms with Gasteiger partial charge in [-0.1, -0.05) is 12.1 Å². The highest BCUT2D eigenvalue weighted by Crippen LogP contribution is 2.23. The van der Waals surface area contributed by atoms with Gasteiger partial charge >= 0.3 is 0 Å². The van der Waals surface area contributed by atoms with Crippen LogP contribution in [0.4, 0.5) is 5.82 Å². The fraction of sp³-hybridized carbons (Fsp3) is 0.286. The van der Waals surface area contributed by atoms with Gasteiger partial charge in [0, 0.05) is 36.9 Å². The minimum Gasteiger partial charge on any atom is -0.396 e. The topological polar surface area (TPSA) is 73.4 Å². The number of nitrogens with one attached hydrogen (secondary N) is 1. The molecule has 19 heavy (non-hydrogen) atoms. The molecule has 0 saturated carbocycles. The van der Waals surface area contributed by atoms with Crippen LogP contribution in [0.5, 0.6) is 0 Å². The zero-order valence-electron chi connectivity index (χ0n) is 10.3. The van der Waals surface area contributed by atoms with Crippen LogP contribution in [-0.2, 0) is 4.79 Å². The summed E-state index contributed by atoms with van der Waals surface area (Å²) < 4.78 is 0. The van der Waals surface area contributed by atoms with E-state index in [1.807, 2.05) is 12.1 Å². The first-order chi connectivity index (χ1) is 9.19. The number of hydrogen-bond donors (Lipinski definition) is 2. The number of nitrogens with zero attached hydrogens (tertiary/aromatic N) is 1. The lowest BCUT2D eigenvalue weighted by atomic mass is 10.1. The van der Waals surface area contributed by atoms with Crippen molar-refractivity contribution >= 4 is 22.6 Å². The zero-order valence-corrected chi connectivity index (χ0v) is 10.3. The first-order valence-corrected chi connectivity index (χ1v) is 6.22. The summed E-state index contributed by atoms with van der Waals surface area (Å²) in [7, 11) is 0. The van der Waals surface area contributed by atoms with Crippen LogP contribution in [0.25, 0.3) is 10.9 Å². The van der Waals surface area contributed by atoms with E-state index in [1.165, 1.54) is 11.0 Å². The van der Waals surface area contributed by atoms with E-state index in [-0.39, 0.29) is 23.9 Å². The second-order valence-corrected chi connectivity index (χ2v) is 4.82. The van der Waals surface area contributed by atoms with Crippen LogP contribution in [0.15, 0.2) is 35.1 Å². The number of rotatable bonds is 2. The molecular formula is C14H14N2O3. The number of benzene rings is 1. The Labute approximate surface area is 109 Å². The quantitative estimate of drug-likeness (QED) is 0.839. The molecule has 1 atom stereocenters. The number of aliphatic hydroxyl groups excluding tert-OH is 1. The molecule has 98 valence electrons. The molecule has 2 aromatic rings. The summed E-state index contributed by atoms with van der Waals surface area (Å²) >= 11 is 0. The third-order valence-electron chi connectivity index (χ3n) is 3.48. The standard InChI is InChI=1S/C14H14N2O3/c17-8-9-5-14(19)16(7-9)13-6-12(18)10-3-1-2-4-11(10)15-13/h1-4,6,9,17H,5,7-8H2,(H,15,18). The summed E-state index contributed by atoms with van der Waals surface area (Å²) in [5, 5.41) is 9.73. The molecule has 1 amide bonds. The molecule has 1 saturated heterocycles. The van der Waals surface area contributed by atoms with Crippen LogP contribution >= 0.6 is 0 Å². The SMILES string of the molecule is O=C1CC(CO)CN1c1cc(=O)c2ccccc2[nH]1. The van der Waals surface area contributed by atoms with Gasteiger partial charge in [0.1, 0.15) is 5.82 Å². The lowest BCUT2D eigenvalue weighted by molar-refractivity contribution is -0.117. The van der Waals surface area contributed by atoms with Gasteiger partial charge in [0.15, 0.2) is 5.43 Å². The Kier molecular flexibility index (Phi) is 2.83. The Morgan fingerprint density at radius 1 is 1.32 bits per heavy atom. The van der Waals surface area contributed by atoms with Crippen molar-refractivity contribution in [3.05, 3.63) is 40.6 Å². The molecule has 5 nitrogen and oxygen atoms in total. The Morgan fingerprint density at radius 2 is 2.11 bits per heavy atom. The number of amides is 1. The van der Waals surface area contributed by atoms with E-state index >= 15 is 0 Å². The molecule has 2 heterocycles. The largest absolute Gasteiger partial charge is 0.396 e. The third-order valence-corrected chi connectivity index (χ3v) is 3.48. The average Bonchev–Trinajstić information content (AvgIpc) is 2.80. The van der Waals surface area contributed by atoms with E-state index < -0.39 is 0 Å². The lowest BCUT2D eigenvalue weighted by Gasteiger charge is -2.16. The highest BCUT2D eigenvalue weighted by Gasteiger charge is 2.30. The summed E-state index contributed by atoms with van der Waals surface area (Å²) in [6, 6.07) is 8.65. The van der Waals surface area contributed by atoms with Crippen LogP contribution in [0.2, 0.25) is 0 Å². The first-order valence-electron chi connectivity index (χ1n) is 6.22. The van der Waals surface area contributed by atoms with Gasteiger partial charge in [-0.3, -0.25) is 14.5 Å². The molecule has 0 bridgehead atoms. The number of aromatic amines is 1. The van der Waals surface area contributed by atoms with Crippen molar-refractivity contribution in [1.29, 1.82) is 0 Å². The number of H-pyrrole nitrogens is 1. The minimum absolute atomic E-state index is 0.0138. The van der Waals surface area contributed by atoms with Crippen molar-refractivity contribution in [3.63, 3.8) is 0 Å². The number of aliphatic hydroxyl groups is 1. The summed E-state index contributed by atoms with van der Waals surface area (Å²) in [4.78, 5) is 28.5. The van der Waals surface area contributed by atoms with Crippen molar-refractivity contribution < 1.29 is 9.90 Å². The van der Waals surface area contributed by atoms with Gasteiger partial charge in [0.05, 0.1) is 5.52 Å². The Balaban J connectivity index is 2.07. The van der Waals surface area contributed by atoms with Crippen LogP contribution in [-0.4, -0.2) is 29.1 Å². The zero-order chi connectivity index (χ0) is 13.4. The monoisotopic (exact) mass is 258 g/mol. The van der Waals surface area contributed by atoms with Gasteiger partial charge in [0.25, 0.3) is 0 Å². The van der Waals surface area contributed by atoms with Crippen LogP contribution in [0, 0.1) is 5.92 Å². The molecule has 2 N–H and O–H groups in total. The number of carbonyl (C=O) groups excluding carboxylic acids is 1. The van der Waals surface area contributed by atoms with Crippen LogP contribution < -0.4 is 10.3 Å². The van der Waals surface area contributed by atoms with Crippen molar-refractivity contribution in [1.82, 2.24) is 4.98 Å². The Bertz CT molecular complexity index is 692. The summed E-state index contributed by atoms with van der Waals surface area (Å²) in [6.45, 7) is 0.434. The predicted octanol–water partition coefficient (Wildman–Crippen LogP) is 0.873. The molecule has 0 aliphatic carbocycles. The number of para-hydroxylation sites is 1. The summed E-state index contributed by atoms with van der Waals surface area (Å²) in [5.41, 5.74) is 0.606. The minimum atomic E-state index is -0.107. The van der Waals surface area contributed by atoms with Gasteiger partial charge in [-0.05, 0) is 12.1 Å². The van der Waals surface area contributed by atoms with E-state index in [2.05, 4.69) is 4.98 Å². The Morgan fingerprint density at radius 3 is 2.84 bits per heavy atom. The summed E-state index contributed by atoms with van der Waals surface area (Å²) in [5.74, 6) is 0.386. The van der Waals surface area contributed by atoms with Crippen molar-refractivity contribution in [2.24, 2.45) is 5.92 Å². The van der Waals surface area contributed by atoms with Crippen LogP contribution in [0.3, 0.4) is 0 Å². The maximum atomic E-state index is 12.0. The van der Waals surface area contributed by atoms with Crippen LogP contribution in [0.1, 0.15) is 6.42 Å². The molecule has 3 rings (SSSR count). The van der Waals surface area contributed by atoms with Crippen molar-refractivity contribution in [3.8, 4) is 0 Å². The highest BCUT2D eigenvalue weighted by atomic mass is 16.3. The van der Waals surface area contributed by atoms with Gasteiger partial charge in [-0.15, -0.1) is 0 Å². The maximum absolute atomic E-state index is 12.0. The number of pyridine rings is 1. The number of fused-ring (bicyclic) bond motifs is 1. The number of hydrogen-bond acceptors (Lipinski definition) is 3. The van der Waals surface area contributed by atoms with E-state index in [0.29, 0.717) is 29.7 Å². The molecule has 1 aromatic heterocycles. The maximum Gasteiger partial charge on any atom is 0.228 e. The van der Waals surface area contributed by atoms with E-state index in [0.717, 1.165) is 0 Å². The average molecular weight is 258 g/mol. The van der Waals surface area contributed by atoms with E-state index in [1.54, 1.807) is 12.1 Å². The van der Waals surface area contributed by atoms with Gasteiger partial charge in [-0.2, -0.15) is 0 Å². The third kappa shape index (κ3) is 2.02. The second-order valence-electron chi connectivity index (χ2n) is 4.82. The fourth-order valence-electron chi connectivity index (χ4n) is 2.47. The highest BCUT2D eigenvalue weighted by molar-refractivity contribution is 5.96. The second kappa shape index (κ2) is 4.51. The summed E-state index contributed by atoms with van der Waals surface area (Å²) in [6.07, 6.45) is 0.325. The molecule has 1 aliphatic rings. The Hall–Kier alpha value is -2.14. The molecule has 1 unspecified atom stereocenters. The number of anilines is 1. The molecular weight excluding hydrogens is 244 g/mol. The molecule has 1 aromatic carbocycles. The van der Waals surface area contributed by atoms with Crippen molar-refractivity contribution in [2.75, 3.05) is 18.1 Å².